The molecule has 1 amide bonds. The second-order valence-corrected chi connectivity index (χ2v) is 4.87. The maximum atomic E-state index is 13.9. The molecular formula is C13H20FN5O. The topological polar surface area (TPSA) is 83.3 Å². The van der Waals surface area contributed by atoms with Crippen molar-refractivity contribution in [1.29, 1.82) is 0 Å². The third-order valence-corrected chi connectivity index (χ3v) is 3.56. The summed E-state index contributed by atoms with van der Waals surface area (Å²) >= 11 is 0. The smallest absolute Gasteiger partial charge is 0.254 e. The Bertz CT molecular complexity index is 482. The molecule has 0 aromatic carbocycles. The Morgan fingerprint density at radius 2 is 2.45 bits per heavy atom. The fourth-order valence-electron chi connectivity index (χ4n) is 2.44. The van der Waals surface area contributed by atoms with Crippen molar-refractivity contribution in [2.45, 2.75) is 25.8 Å². The lowest BCUT2D eigenvalue weighted by Crippen LogP contribution is -2.47. The quantitative estimate of drug-likeness (QED) is 0.559. The first kappa shape index (κ1) is 14.7. The minimum absolute atomic E-state index is 0.0402. The van der Waals surface area contributed by atoms with Crippen LogP contribution >= 0.6 is 0 Å². The summed E-state index contributed by atoms with van der Waals surface area (Å²) in [6, 6.07) is 1.41. The van der Waals surface area contributed by atoms with Gasteiger partial charge in [0.15, 0.2) is 11.6 Å². The van der Waals surface area contributed by atoms with Gasteiger partial charge in [0.25, 0.3) is 5.91 Å². The number of carbonyl (C=O) groups is 1. The molecule has 20 heavy (non-hydrogen) atoms. The number of carbonyl (C=O) groups excluding carboxylic acids is 1. The van der Waals surface area contributed by atoms with Gasteiger partial charge in [-0.3, -0.25) is 4.79 Å². The second kappa shape index (κ2) is 6.62. The summed E-state index contributed by atoms with van der Waals surface area (Å²) in [5, 5.41) is 2.87. The number of likely N-dealkylation sites (N-methyl/N-ethyl adjacent to an activating group) is 1. The molecule has 1 aromatic rings. The largest absolute Gasteiger partial charge is 0.348 e. The van der Waals surface area contributed by atoms with Gasteiger partial charge in [-0.2, -0.15) is 0 Å². The standard InChI is InChI=1S/C13H20FN5O/c1-2-19-7-3-4-9(8-19)17-13(20)10-5-6-16-12(18-15)11(10)14/h5-6,9H,2-4,7-8,15H2,1H3,(H,16,18)(H,17,20). The zero-order chi connectivity index (χ0) is 14.5. The van der Waals surface area contributed by atoms with Gasteiger partial charge in [0.1, 0.15) is 0 Å². The Labute approximate surface area is 117 Å². The van der Waals surface area contributed by atoms with E-state index in [1.165, 1.54) is 12.3 Å². The van der Waals surface area contributed by atoms with E-state index in [1.807, 2.05) is 0 Å². The Hall–Kier alpha value is -1.73. The second-order valence-electron chi connectivity index (χ2n) is 4.87. The van der Waals surface area contributed by atoms with E-state index >= 15 is 0 Å². The lowest BCUT2D eigenvalue weighted by Gasteiger charge is -2.32. The maximum Gasteiger partial charge on any atom is 0.254 e. The van der Waals surface area contributed by atoms with E-state index in [9.17, 15) is 9.18 Å². The van der Waals surface area contributed by atoms with Gasteiger partial charge >= 0.3 is 0 Å². The molecule has 6 nitrogen and oxygen atoms in total. The highest BCUT2D eigenvalue weighted by atomic mass is 19.1. The number of anilines is 1. The first-order valence-corrected chi connectivity index (χ1v) is 6.80. The number of rotatable bonds is 4. The molecule has 0 radical (unpaired) electrons. The molecule has 4 N–H and O–H groups in total. The van der Waals surface area contributed by atoms with E-state index in [1.54, 1.807) is 0 Å². The molecule has 2 heterocycles. The van der Waals surface area contributed by atoms with Crippen LogP contribution in [0.15, 0.2) is 12.3 Å². The number of nitrogens with zero attached hydrogens (tertiary/aromatic N) is 2. The Morgan fingerprint density at radius 1 is 1.65 bits per heavy atom. The molecule has 0 spiro atoms. The van der Waals surface area contributed by atoms with Crippen molar-refractivity contribution in [2.24, 2.45) is 5.84 Å². The van der Waals surface area contributed by atoms with E-state index in [2.05, 4.69) is 27.6 Å². The van der Waals surface area contributed by atoms with Gasteiger partial charge in [0, 0.05) is 18.8 Å². The SMILES string of the molecule is CCN1CCCC(NC(=O)c2ccnc(NN)c2F)C1. The van der Waals surface area contributed by atoms with Gasteiger partial charge in [-0.05, 0) is 32.0 Å². The molecule has 0 saturated carbocycles. The van der Waals surface area contributed by atoms with Crippen LogP contribution in [0.2, 0.25) is 0 Å². The molecule has 0 bridgehead atoms. The zero-order valence-corrected chi connectivity index (χ0v) is 11.5. The van der Waals surface area contributed by atoms with E-state index in [0.29, 0.717) is 0 Å². The van der Waals surface area contributed by atoms with Crippen molar-refractivity contribution < 1.29 is 9.18 Å². The molecule has 1 aliphatic rings. The number of halogens is 1. The molecule has 110 valence electrons. The Kier molecular flexibility index (Phi) is 4.86. The number of nitrogens with two attached hydrogens (primary N) is 1. The highest BCUT2D eigenvalue weighted by Gasteiger charge is 2.23. The van der Waals surface area contributed by atoms with Crippen molar-refractivity contribution in [3.63, 3.8) is 0 Å². The maximum absolute atomic E-state index is 13.9. The summed E-state index contributed by atoms with van der Waals surface area (Å²) in [6.45, 7) is 4.90. The average molecular weight is 281 g/mol. The van der Waals surface area contributed by atoms with E-state index < -0.39 is 11.7 Å². The predicted molar refractivity (Wildman–Crippen MR) is 74.6 cm³/mol. The minimum Gasteiger partial charge on any atom is -0.348 e. The summed E-state index contributed by atoms with van der Waals surface area (Å²) in [6.07, 6.45) is 3.30. The first-order valence-electron chi connectivity index (χ1n) is 6.80. The van der Waals surface area contributed by atoms with Crippen molar-refractivity contribution in [1.82, 2.24) is 15.2 Å². The van der Waals surface area contributed by atoms with Crippen molar-refractivity contribution in [3.8, 4) is 0 Å². The van der Waals surface area contributed by atoms with Crippen LogP contribution in [0.1, 0.15) is 30.1 Å². The van der Waals surface area contributed by atoms with Crippen LogP contribution in [0.3, 0.4) is 0 Å². The lowest BCUT2D eigenvalue weighted by atomic mass is 10.1. The molecule has 1 aromatic heterocycles. The molecule has 7 heteroatoms. The first-order chi connectivity index (χ1) is 9.65. The highest BCUT2D eigenvalue weighted by Crippen LogP contribution is 2.15. The number of likely N-dealkylation sites (tertiary alicyclic amines) is 1. The third-order valence-electron chi connectivity index (χ3n) is 3.56. The number of nitrogen functional groups attached to an aromatic ring is 1. The lowest BCUT2D eigenvalue weighted by molar-refractivity contribution is 0.0901. The summed E-state index contributed by atoms with van der Waals surface area (Å²) < 4.78 is 13.9. The number of piperidine rings is 1. The number of hydrogen-bond acceptors (Lipinski definition) is 5. The number of aromatic nitrogens is 1. The fraction of sp³-hybridized carbons (Fsp3) is 0.538. The highest BCUT2D eigenvalue weighted by molar-refractivity contribution is 5.95. The molecule has 1 atom stereocenters. The van der Waals surface area contributed by atoms with Crippen molar-refractivity contribution in [2.75, 3.05) is 25.1 Å². The average Bonchev–Trinajstić information content (AvgIpc) is 2.47. The number of hydrazine groups is 1. The summed E-state index contributed by atoms with van der Waals surface area (Å²) in [5.41, 5.74) is 2.10. The van der Waals surface area contributed by atoms with Crippen LogP contribution in [-0.4, -0.2) is 41.5 Å². The normalized spacial score (nSPS) is 19.6. The molecule has 2 rings (SSSR count). The number of pyridine rings is 1. The fourth-order valence-corrected chi connectivity index (χ4v) is 2.44. The van der Waals surface area contributed by atoms with Gasteiger partial charge < -0.3 is 15.6 Å². The minimum atomic E-state index is -0.726. The van der Waals surface area contributed by atoms with Crippen LogP contribution in [0.5, 0.6) is 0 Å². The van der Waals surface area contributed by atoms with Crippen LogP contribution < -0.4 is 16.6 Å². The van der Waals surface area contributed by atoms with E-state index in [4.69, 9.17) is 5.84 Å². The predicted octanol–water partition coefficient (Wildman–Crippen LogP) is 0.720. The Morgan fingerprint density at radius 3 is 3.15 bits per heavy atom. The number of amides is 1. The van der Waals surface area contributed by atoms with Crippen LogP contribution in [0, 0.1) is 5.82 Å². The van der Waals surface area contributed by atoms with Gasteiger partial charge in [-0.15, -0.1) is 0 Å². The van der Waals surface area contributed by atoms with E-state index in [-0.39, 0.29) is 17.4 Å². The van der Waals surface area contributed by atoms with Gasteiger partial charge in [-0.1, -0.05) is 6.92 Å². The molecule has 0 aliphatic carbocycles. The van der Waals surface area contributed by atoms with Gasteiger partial charge in [0.05, 0.1) is 5.56 Å². The summed E-state index contributed by atoms with van der Waals surface area (Å²) in [7, 11) is 0. The van der Waals surface area contributed by atoms with Crippen molar-refractivity contribution >= 4 is 11.7 Å². The molecule has 1 fully saturated rings. The van der Waals surface area contributed by atoms with Crippen LogP contribution in [0.25, 0.3) is 0 Å². The Balaban J connectivity index is 2.05. The molecule has 1 aliphatic heterocycles. The monoisotopic (exact) mass is 281 g/mol. The van der Waals surface area contributed by atoms with Gasteiger partial charge in [-0.25, -0.2) is 15.2 Å². The molecule has 1 unspecified atom stereocenters. The third kappa shape index (κ3) is 3.23. The number of hydrogen-bond donors (Lipinski definition) is 3. The summed E-state index contributed by atoms with van der Waals surface area (Å²) in [5.74, 6) is 3.87. The summed E-state index contributed by atoms with van der Waals surface area (Å²) in [4.78, 5) is 18.1. The van der Waals surface area contributed by atoms with Crippen LogP contribution in [-0.2, 0) is 0 Å². The molecule has 1 saturated heterocycles. The molecular weight excluding hydrogens is 261 g/mol. The van der Waals surface area contributed by atoms with E-state index in [0.717, 1.165) is 32.5 Å². The van der Waals surface area contributed by atoms with Crippen molar-refractivity contribution in [3.05, 3.63) is 23.6 Å². The number of nitrogens with one attached hydrogen (secondary N) is 2. The van der Waals surface area contributed by atoms with Gasteiger partial charge in [0.2, 0.25) is 0 Å². The van der Waals surface area contributed by atoms with Crippen LogP contribution in [0.4, 0.5) is 10.2 Å². The zero-order valence-electron chi connectivity index (χ0n) is 11.5.